The summed E-state index contributed by atoms with van der Waals surface area (Å²) in [4.78, 5) is 10.9. The first-order chi connectivity index (χ1) is 5.74. The summed E-state index contributed by atoms with van der Waals surface area (Å²) in [5.74, 6) is 2.49. The van der Waals surface area contributed by atoms with Crippen molar-refractivity contribution in [3.63, 3.8) is 0 Å². The van der Waals surface area contributed by atoms with Crippen molar-refractivity contribution in [3.05, 3.63) is 27.1 Å². The summed E-state index contributed by atoms with van der Waals surface area (Å²) in [6.07, 6.45) is 6.43. The van der Waals surface area contributed by atoms with Gasteiger partial charge in [-0.1, -0.05) is 11.3 Å². The van der Waals surface area contributed by atoms with Crippen molar-refractivity contribution in [1.82, 2.24) is 0 Å². The highest BCUT2D eigenvalue weighted by molar-refractivity contribution is 7.15. The lowest BCUT2D eigenvalue weighted by atomic mass is 10.3. The Kier molecular flexibility index (Phi) is 2.83. The van der Waals surface area contributed by atoms with E-state index in [2.05, 4.69) is 5.92 Å². The van der Waals surface area contributed by atoms with E-state index in [0.29, 0.717) is 6.42 Å². The Morgan fingerprint density at radius 3 is 2.92 bits per heavy atom. The molecule has 0 aromatic carbocycles. The van der Waals surface area contributed by atoms with Gasteiger partial charge in [0.2, 0.25) is 0 Å². The number of terminal acetylenes is 1. The average molecular weight is 181 g/mol. The molecule has 0 N–H and O–H groups in total. The number of nitrogens with zero attached hydrogens (tertiary/aromatic N) is 1. The maximum Gasteiger partial charge on any atom is 0.324 e. The van der Waals surface area contributed by atoms with Crippen LogP contribution < -0.4 is 0 Å². The predicted molar refractivity (Wildman–Crippen MR) is 48.1 cm³/mol. The van der Waals surface area contributed by atoms with Gasteiger partial charge >= 0.3 is 5.00 Å². The summed E-state index contributed by atoms with van der Waals surface area (Å²) in [6.45, 7) is 0. The second-order valence-corrected chi connectivity index (χ2v) is 3.35. The molecular weight excluding hydrogens is 174 g/mol. The van der Waals surface area contributed by atoms with Gasteiger partial charge in [0.1, 0.15) is 0 Å². The highest BCUT2D eigenvalue weighted by atomic mass is 32.1. The van der Waals surface area contributed by atoms with Crippen LogP contribution in [0.4, 0.5) is 5.00 Å². The van der Waals surface area contributed by atoms with Crippen molar-refractivity contribution >= 4 is 16.3 Å². The SMILES string of the molecule is C#CCCc1ccc([N+](=O)[O-])s1. The van der Waals surface area contributed by atoms with E-state index in [4.69, 9.17) is 6.42 Å². The highest BCUT2D eigenvalue weighted by Gasteiger charge is 2.08. The van der Waals surface area contributed by atoms with Crippen LogP contribution in [0.25, 0.3) is 0 Å². The fraction of sp³-hybridized carbons (Fsp3) is 0.250. The molecule has 0 bridgehead atoms. The Labute approximate surface area is 74.2 Å². The second kappa shape index (κ2) is 3.88. The smallest absolute Gasteiger partial charge is 0.258 e. The first kappa shape index (κ1) is 8.75. The number of nitro groups is 1. The molecule has 62 valence electrons. The van der Waals surface area contributed by atoms with Gasteiger partial charge < -0.3 is 0 Å². The van der Waals surface area contributed by atoms with Crippen molar-refractivity contribution in [2.24, 2.45) is 0 Å². The molecule has 0 aliphatic carbocycles. The number of hydrogen-bond donors (Lipinski definition) is 0. The van der Waals surface area contributed by atoms with Crippen molar-refractivity contribution in [3.8, 4) is 12.3 Å². The topological polar surface area (TPSA) is 43.1 Å². The first-order valence-corrected chi connectivity index (χ1v) is 4.22. The Morgan fingerprint density at radius 2 is 2.42 bits per heavy atom. The molecule has 12 heavy (non-hydrogen) atoms. The summed E-state index contributed by atoms with van der Waals surface area (Å²) in [6, 6.07) is 3.26. The summed E-state index contributed by atoms with van der Waals surface area (Å²) < 4.78 is 0. The Hall–Kier alpha value is -1.34. The lowest BCUT2D eigenvalue weighted by molar-refractivity contribution is -0.380. The van der Waals surface area contributed by atoms with E-state index in [-0.39, 0.29) is 9.92 Å². The van der Waals surface area contributed by atoms with E-state index in [1.54, 1.807) is 6.07 Å². The summed E-state index contributed by atoms with van der Waals surface area (Å²) >= 11 is 1.19. The van der Waals surface area contributed by atoms with Crippen LogP contribution in [0.3, 0.4) is 0 Å². The summed E-state index contributed by atoms with van der Waals surface area (Å²) in [7, 11) is 0. The first-order valence-electron chi connectivity index (χ1n) is 3.40. The monoisotopic (exact) mass is 181 g/mol. The van der Waals surface area contributed by atoms with Gasteiger partial charge in [-0.2, -0.15) is 0 Å². The molecule has 0 aliphatic rings. The molecule has 0 atom stereocenters. The van der Waals surface area contributed by atoms with Gasteiger partial charge in [0.05, 0.1) is 4.92 Å². The van der Waals surface area contributed by atoms with Crippen molar-refractivity contribution in [2.75, 3.05) is 0 Å². The van der Waals surface area contributed by atoms with E-state index in [0.717, 1.165) is 11.3 Å². The Morgan fingerprint density at radius 1 is 1.67 bits per heavy atom. The third-order valence-electron chi connectivity index (χ3n) is 1.34. The van der Waals surface area contributed by atoms with Gasteiger partial charge in [-0.25, -0.2) is 0 Å². The van der Waals surface area contributed by atoms with Gasteiger partial charge in [0, 0.05) is 17.4 Å². The fourth-order valence-corrected chi connectivity index (χ4v) is 1.61. The lowest BCUT2D eigenvalue weighted by Crippen LogP contribution is -1.80. The highest BCUT2D eigenvalue weighted by Crippen LogP contribution is 2.24. The molecule has 0 aliphatic heterocycles. The van der Waals surface area contributed by atoms with Gasteiger partial charge in [0.15, 0.2) is 0 Å². The van der Waals surface area contributed by atoms with Crippen molar-refractivity contribution in [2.45, 2.75) is 12.8 Å². The summed E-state index contributed by atoms with van der Waals surface area (Å²) in [5, 5.41) is 10.4. The van der Waals surface area contributed by atoms with Crippen LogP contribution >= 0.6 is 11.3 Å². The van der Waals surface area contributed by atoms with Crippen LogP contribution in [-0.4, -0.2) is 4.92 Å². The standard InChI is InChI=1S/C8H7NO2S/c1-2-3-4-7-5-6-8(12-7)9(10)11/h1,5-6H,3-4H2. The second-order valence-electron chi connectivity index (χ2n) is 2.20. The molecule has 0 spiro atoms. The predicted octanol–water partition coefficient (Wildman–Crippen LogP) is 2.22. The van der Waals surface area contributed by atoms with E-state index < -0.39 is 0 Å². The van der Waals surface area contributed by atoms with Gasteiger partial charge in [-0.05, 0) is 12.5 Å². The van der Waals surface area contributed by atoms with Crippen LogP contribution in [0.15, 0.2) is 12.1 Å². The van der Waals surface area contributed by atoms with Gasteiger partial charge in [-0.3, -0.25) is 10.1 Å². The lowest BCUT2D eigenvalue weighted by Gasteiger charge is -1.86. The molecule has 4 heteroatoms. The number of aryl methyl sites for hydroxylation is 1. The van der Waals surface area contributed by atoms with Crippen LogP contribution in [0, 0.1) is 22.5 Å². The van der Waals surface area contributed by atoms with Crippen molar-refractivity contribution < 1.29 is 4.92 Å². The largest absolute Gasteiger partial charge is 0.324 e. The van der Waals surface area contributed by atoms with Gasteiger partial charge in [0.25, 0.3) is 0 Å². The van der Waals surface area contributed by atoms with Crippen LogP contribution in [0.5, 0.6) is 0 Å². The molecule has 0 unspecified atom stereocenters. The molecule has 0 fully saturated rings. The molecule has 0 radical (unpaired) electrons. The van der Waals surface area contributed by atoms with Crippen LogP contribution in [0.2, 0.25) is 0 Å². The minimum Gasteiger partial charge on any atom is -0.258 e. The number of rotatable bonds is 3. The zero-order chi connectivity index (χ0) is 8.97. The molecule has 1 aromatic heterocycles. The Bertz CT molecular complexity index is 324. The van der Waals surface area contributed by atoms with E-state index in [9.17, 15) is 10.1 Å². The minimum absolute atomic E-state index is 0.182. The fourth-order valence-electron chi connectivity index (χ4n) is 0.794. The zero-order valence-electron chi connectivity index (χ0n) is 6.32. The zero-order valence-corrected chi connectivity index (χ0v) is 7.13. The maximum absolute atomic E-state index is 10.3. The Balaban J connectivity index is 2.66. The summed E-state index contributed by atoms with van der Waals surface area (Å²) in [5.41, 5.74) is 0. The number of thiophene rings is 1. The minimum atomic E-state index is -0.385. The quantitative estimate of drug-likeness (QED) is 0.407. The normalized spacial score (nSPS) is 9.25. The van der Waals surface area contributed by atoms with Crippen LogP contribution in [-0.2, 0) is 6.42 Å². The maximum atomic E-state index is 10.3. The molecular formula is C8H7NO2S. The van der Waals surface area contributed by atoms with Crippen molar-refractivity contribution in [1.29, 1.82) is 0 Å². The van der Waals surface area contributed by atoms with E-state index >= 15 is 0 Å². The van der Waals surface area contributed by atoms with E-state index in [1.165, 1.54) is 17.4 Å². The average Bonchev–Trinajstić information content (AvgIpc) is 2.48. The number of hydrogen-bond acceptors (Lipinski definition) is 3. The third kappa shape index (κ3) is 2.07. The van der Waals surface area contributed by atoms with Crippen LogP contribution in [0.1, 0.15) is 11.3 Å². The molecule has 1 heterocycles. The third-order valence-corrected chi connectivity index (χ3v) is 2.44. The molecule has 0 amide bonds. The molecule has 0 saturated heterocycles. The molecule has 1 rings (SSSR count). The molecule has 1 aromatic rings. The van der Waals surface area contributed by atoms with E-state index in [1.807, 2.05) is 0 Å². The molecule has 0 saturated carbocycles. The van der Waals surface area contributed by atoms with Gasteiger partial charge in [-0.15, -0.1) is 12.3 Å². The molecule has 3 nitrogen and oxygen atoms in total.